The van der Waals surface area contributed by atoms with Gasteiger partial charge in [-0.1, -0.05) is 0 Å². The molecule has 0 heterocycles. The molecule has 0 saturated heterocycles. The summed E-state index contributed by atoms with van der Waals surface area (Å²) < 4.78 is 43.0. The van der Waals surface area contributed by atoms with E-state index < -0.39 is 32.8 Å². The number of sulfonamides is 1. The van der Waals surface area contributed by atoms with Crippen LogP contribution in [0.15, 0.2) is 23.1 Å². The lowest BCUT2D eigenvalue weighted by atomic mass is 10.2. The van der Waals surface area contributed by atoms with Gasteiger partial charge >= 0.3 is 5.97 Å². The fourth-order valence-corrected chi connectivity index (χ4v) is 4.07. The number of carboxylic acids is 1. The summed E-state index contributed by atoms with van der Waals surface area (Å²) in [4.78, 5) is 10.7. The number of hydrogen-bond acceptors (Lipinski definition) is 5. The van der Waals surface area contributed by atoms with Crippen LogP contribution in [0.4, 0.5) is 0 Å². The van der Waals surface area contributed by atoms with Crippen LogP contribution in [0.5, 0.6) is 5.75 Å². The zero-order chi connectivity index (χ0) is 16.2. The summed E-state index contributed by atoms with van der Waals surface area (Å²) in [5.41, 5.74) is -0.164. The predicted octanol–water partition coefficient (Wildman–Crippen LogP) is 0.439. The van der Waals surface area contributed by atoms with E-state index in [2.05, 4.69) is 4.72 Å². The highest BCUT2D eigenvalue weighted by molar-refractivity contribution is 7.89. The van der Waals surface area contributed by atoms with Crippen molar-refractivity contribution in [3.8, 4) is 5.75 Å². The Labute approximate surface area is 125 Å². The number of carbonyl (C=O) groups is 1. The second-order valence-electron chi connectivity index (χ2n) is 4.43. The monoisotopic (exact) mass is 335 g/mol. The third-order valence-electron chi connectivity index (χ3n) is 2.54. The Morgan fingerprint density at radius 3 is 2.57 bits per heavy atom. The van der Waals surface area contributed by atoms with Crippen LogP contribution in [-0.4, -0.2) is 48.9 Å². The largest absolute Gasteiger partial charge is 0.495 e. The molecule has 0 fully saturated rings. The summed E-state index contributed by atoms with van der Waals surface area (Å²) in [5.74, 6) is -1.05. The Hall–Kier alpha value is -1.45. The Balaban J connectivity index is 3.19. The number of carboxylic acid groups (broad SMARTS) is 1. The molecule has 2 N–H and O–H groups in total. The molecular weight excluding hydrogens is 318 g/mol. The molecule has 0 aromatic heterocycles. The van der Waals surface area contributed by atoms with E-state index in [1.165, 1.54) is 25.5 Å². The molecule has 0 radical (unpaired) electrons. The summed E-state index contributed by atoms with van der Waals surface area (Å²) in [6.07, 6.45) is 1.47. The molecule has 0 aliphatic rings. The molecule has 118 valence electrons. The lowest BCUT2D eigenvalue weighted by Gasteiger charge is -2.15. The third kappa shape index (κ3) is 4.80. The highest BCUT2D eigenvalue weighted by Crippen LogP contribution is 2.25. The topological polar surface area (TPSA) is 110 Å². The van der Waals surface area contributed by atoms with E-state index in [0.717, 1.165) is 6.07 Å². The van der Waals surface area contributed by atoms with Crippen molar-refractivity contribution in [2.75, 3.05) is 19.1 Å². The number of methoxy groups -OCH3 is 1. The van der Waals surface area contributed by atoms with Crippen molar-refractivity contribution >= 4 is 26.8 Å². The van der Waals surface area contributed by atoms with Crippen molar-refractivity contribution in [2.45, 2.75) is 17.9 Å². The fourth-order valence-electron chi connectivity index (χ4n) is 1.73. The number of hydrogen-bond donors (Lipinski definition) is 2. The van der Waals surface area contributed by atoms with Crippen LogP contribution in [0.2, 0.25) is 0 Å². The summed E-state index contributed by atoms with van der Waals surface area (Å²) >= 11 is 0. The molecule has 1 aromatic rings. The van der Waals surface area contributed by atoms with E-state index in [9.17, 15) is 17.4 Å². The first-order valence-corrected chi connectivity index (χ1v) is 9.12. The Morgan fingerprint density at radius 2 is 2.10 bits per heavy atom. The van der Waals surface area contributed by atoms with Gasteiger partial charge in [0.05, 0.1) is 12.7 Å². The van der Waals surface area contributed by atoms with Crippen molar-refractivity contribution in [1.82, 2.24) is 4.72 Å². The number of benzene rings is 1. The minimum Gasteiger partial charge on any atom is -0.495 e. The molecule has 21 heavy (non-hydrogen) atoms. The number of nitrogens with one attached hydrogen (secondary N) is 1. The number of aromatic carboxylic acids is 1. The standard InChI is InChI=1S/C12H17NO6S2/c1-8(7-20(3)16)13-21(17,18)11-6-9(12(14)15)4-5-10(11)19-2/h4-6,8,13H,7H2,1-3H3,(H,14,15). The van der Waals surface area contributed by atoms with Crippen molar-refractivity contribution in [2.24, 2.45) is 0 Å². The molecule has 0 saturated carbocycles. The molecule has 2 atom stereocenters. The summed E-state index contributed by atoms with van der Waals surface area (Å²) in [6, 6.07) is 3.00. The average Bonchev–Trinajstić information content (AvgIpc) is 2.36. The summed E-state index contributed by atoms with van der Waals surface area (Å²) in [5, 5.41) is 8.94. The molecule has 0 amide bonds. The predicted molar refractivity (Wildman–Crippen MR) is 78.7 cm³/mol. The van der Waals surface area contributed by atoms with Gasteiger partial charge in [-0.25, -0.2) is 17.9 Å². The first-order chi connectivity index (χ1) is 9.67. The van der Waals surface area contributed by atoms with E-state index in [-0.39, 0.29) is 22.0 Å². The molecule has 0 bridgehead atoms. The van der Waals surface area contributed by atoms with Gasteiger partial charge in [-0.15, -0.1) is 0 Å². The number of ether oxygens (including phenoxy) is 1. The maximum absolute atomic E-state index is 12.3. The van der Waals surface area contributed by atoms with E-state index in [0.29, 0.717) is 0 Å². The zero-order valence-corrected chi connectivity index (χ0v) is 13.5. The minimum absolute atomic E-state index is 0.0392. The molecule has 7 nitrogen and oxygen atoms in total. The van der Waals surface area contributed by atoms with Gasteiger partial charge in [-0.05, 0) is 25.1 Å². The molecule has 0 aliphatic carbocycles. The Bertz CT molecular complexity index is 656. The first-order valence-electron chi connectivity index (χ1n) is 5.91. The van der Waals surface area contributed by atoms with Crippen molar-refractivity contribution < 1.29 is 27.3 Å². The maximum atomic E-state index is 12.3. The maximum Gasteiger partial charge on any atom is 0.335 e. The van der Waals surface area contributed by atoms with Crippen LogP contribution in [0, 0.1) is 0 Å². The molecule has 9 heteroatoms. The highest BCUT2D eigenvalue weighted by Gasteiger charge is 2.23. The van der Waals surface area contributed by atoms with Gasteiger partial charge in [0.15, 0.2) is 0 Å². The highest BCUT2D eigenvalue weighted by atomic mass is 32.2. The van der Waals surface area contributed by atoms with E-state index >= 15 is 0 Å². The van der Waals surface area contributed by atoms with Crippen LogP contribution in [0.1, 0.15) is 17.3 Å². The van der Waals surface area contributed by atoms with Gasteiger partial charge < -0.3 is 9.84 Å². The van der Waals surface area contributed by atoms with Crippen LogP contribution in [-0.2, 0) is 20.8 Å². The summed E-state index contributed by atoms with van der Waals surface area (Å²) in [6.45, 7) is 1.58. The van der Waals surface area contributed by atoms with Crippen molar-refractivity contribution in [3.05, 3.63) is 23.8 Å². The van der Waals surface area contributed by atoms with E-state index in [4.69, 9.17) is 9.84 Å². The van der Waals surface area contributed by atoms with Gasteiger partial charge in [-0.3, -0.25) is 4.21 Å². The molecule has 0 spiro atoms. The van der Waals surface area contributed by atoms with Crippen molar-refractivity contribution in [3.63, 3.8) is 0 Å². The van der Waals surface area contributed by atoms with Gasteiger partial charge in [0.25, 0.3) is 0 Å². The average molecular weight is 335 g/mol. The quantitative estimate of drug-likeness (QED) is 0.748. The van der Waals surface area contributed by atoms with Gasteiger partial charge in [0.1, 0.15) is 10.6 Å². The van der Waals surface area contributed by atoms with E-state index in [1.807, 2.05) is 0 Å². The summed E-state index contributed by atoms with van der Waals surface area (Å²) in [7, 11) is -3.84. The molecular formula is C12H17NO6S2. The second kappa shape index (κ2) is 7.01. The smallest absolute Gasteiger partial charge is 0.335 e. The molecule has 1 rings (SSSR count). The zero-order valence-electron chi connectivity index (χ0n) is 11.8. The normalized spacial score (nSPS) is 14.4. The minimum atomic E-state index is -3.98. The van der Waals surface area contributed by atoms with Crippen LogP contribution >= 0.6 is 0 Å². The Kier molecular flexibility index (Phi) is 5.87. The van der Waals surface area contributed by atoms with Gasteiger partial charge in [0.2, 0.25) is 10.0 Å². The van der Waals surface area contributed by atoms with E-state index in [1.54, 1.807) is 6.92 Å². The molecule has 1 aromatic carbocycles. The first kappa shape index (κ1) is 17.6. The Morgan fingerprint density at radius 1 is 1.48 bits per heavy atom. The third-order valence-corrected chi connectivity index (χ3v) is 5.12. The lowest BCUT2D eigenvalue weighted by molar-refractivity contribution is 0.0696. The number of rotatable bonds is 7. The van der Waals surface area contributed by atoms with Gasteiger partial charge in [-0.2, -0.15) is 0 Å². The molecule has 2 unspecified atom stereocenters. The van der Waals surface area contributed by atoms with Crippen molar-refractivity contribution in [1.29, 1.82) is 0 Å². The second-order valence-corrected chi connectivity index (χ2v) is 7.60. The lowest BCUT2D eigenvalue weighted by Crippen LogP contribution is -2.36. The van der Waals surface area contributed by atoms with Gasteiger partial charge in [0, 0.05) is 28.9 Å². The van der Waals surface area contributed by atoms with Crippen LogP contribution < -0.4 is 9.46 Å². The fraction of sp³-hybridized carbons (Fsp3) is 0.417. The van der Waals surface area contributed by atoms with Crippen LogP contribution in [0.3, 0.4) is 0 Å². The van der Waals surface area contributed by atoms with Crippen LogP contribution in [0.25, 0.3) is 0 Å². The molecule has 0 aliphatic heterocycles. The SMILES string of the molecule is COc1ccc(C(=O)O)cc1S(=O)(=O)NC(C)CS(C)=O.